The molecule has 0 aromatic heterocycles. The molecule has 0 saturated heterocycles. The minimum absolute atomic E-state index is 0.140. The Balaban J connectivity index is 2.44. The van der Waals surface area contributed by atoms with Gasteiger partial charge < -0.3 is 5.73 Å². The highest BCUT2D eigenvalue weighted by Crippen LogP contribution is 2.19. The molecule has 0 spiro atoms. The summed E-state index contributed by atoms with van der Waals surface area (Å²) in [6.07, 6.45) is 0. The second-order valence-electron chi connectivity index (χ2n) is 4.36. The Hall–Kier alpha value is -2.16. The number of halogens is 1. The molecule has 2 rings (SSSR count). The smallest absolute Gasteiger partial charge is 0.193 e. The average Bonchev–Trinajstić information content (AvgIpc) is 2.32. The zero-order valence-corrected chi connectivity index (χ0v) is 10.3. The Bertz CT molecular complexity index is 620. The predicted molar refractivity (Wildman–Crippen MR) is 70.2 cm³/mol. The molecule has 2 N–H and O–H groups in total. The Labute approximate surface area is 105 Å². The van der Waals surface area contributed by atoms with Crippen LogP contribution in [0.5, 0.6) is 0 Å². The maximum atomic E-state index is 13.0. The summed E-state index contributed by atoms with van der Waals surface area (Å²) in [5.41, 5.74) is 8.95. The van der Waals surface area contributed by atoms with Gasteiger partial charge in [0, 0.05) is 16.8 Å². The van der Waals surface area contributed by atoms with E-state index in [0.29, 0.717) is 22.4 Å². The second kappa shape index (κ2) is 4.61. The first-order chi connectivity index (χ1) is 8.49. The monoisotopic (exact) mass is 243 g/mol. The molecular weight excluding hydrogens is 229 g/mol. The van der Waals surface area contributed by atoms with Crippen molar-refractivity contribution >= 4 is 11.5 Å². The fourth-order valence-electron chi connectivity index (χ4n) is 1.82. The Kier molecular flexibility index (Phi) is 3.15. The van der Waals surface area contributed by atoms with Crippen molar-refractivity contribution in [1.82, 2.24) is 0 Å². The molecule has 2 aromatic carbocycles. The highest BCUT2D eigenvalue weighted by molar-refractivity contribution is 6.10. The minimum Gasteiger partial charge on any atom is -0.398 e. The minimum atomic E-state index is -0.340. The number of carbonyl (C=O) groups is 1. The van der Waals surface area contributed by atoms with E-state index in [4.69, 9.17) is 5.73 Å². The van der Waals surface area contributed by atoms with Gasteiger partial charge in [0.2, 0.25) is 0 Å². The normalized spacial score (nSPS) is 10.4. The first-order valence-corrected chi connectivity index (χ1v) is 5.66. The van der Waals surface area contributed by atoms with Crippen LogP contribution in [0.2, 0.25) is 0 Å². The van der Waals surface area contributed by atoms with E-state index in [1.54, 1.807) is 25.1 Å². The number of carbonyl (C=O) groups excluding carboxylic acids is 1. The number of ketones is 1. The van der Waals surface area contributed by atoms with Crippen molar-refractivity contribution in [2.45, 2.75) is 13.8 Å². The van der Waals surface area contributed by atoms with E-state index < -0.39 is 0 Å². The van der Waals surface area contributed by atoms with Crippen LogP contribution in [-0.4, -0.2) is 5.78 Å². The number of aryl methyl sites for hydroxylation is 2. The number of hydrogen-bond acceptors (Lipinski definition) is 2. The van der Waals surface area contributed by atoms with Crippen molar-refractivity contribution in [3.8, 4) is 0 Å². The first-order valence-electron chi connectivity index (χ1n) is 5.66. The molecular formula is C15H14FNO. The van der Waals surface area contributed by atoms with Gasteiger partial charge in [-0.05, 0) is 49.2 Å². The van der Waals surface area contributed by atoms with Crippen LogP contribution >= 0.6 is 0 Å². The van der Waals surface area contributed by atoms with Crippen molar-refractivity contribution in [3.05, 3.63) is 64.5 Å². The molecule has 18 heavy (non-hydrogen) atoms. The van der Waals surface area contributed by atoms with Gasteiger partial charge in [-0.1, -0.05) is 12.1 Å². The highest BCUT2D eigenvalue weighted by atomic mass is 19.1. The molecule has 0 bridgehead atoms. The van der Waals surface area contributed by atoms with E-state index in [0.717, 1.165) is 5.56 Å². The Morgan fingerprint density at radius 3 is 2.39 bits per heavy atom. The lowest BCUT2D eigenvalue weighted by atomic mass is 9.98. The largest absolute Gasteiger partial charge is 0.398 e. The number of rotatable bonds is 2. The van der Waals surface area contributed by atoms with Crippen molar-refractivity contribution in [2.24, 2.45) is 0 Å². The zero-order chi connectivity index (χ0) is 13.3. The molecule has 0 amide bonds. The van der Waals surface area contributed by atoms with Gasteiger partial charge in [0.25, 0.3) is 0 Å². The van der Waals surface area contributed by atoms with E-state index in [1.807, 2.05) is 6.92 Å². The van der Waals surface area contributed by atoms with E-state index in [9.17, 15) is 9.18 Å². The lowest BCUT2D eigenvalue weighted by molar-refractivity contribution is 0.103. The van der Waals surface area contributed by atoms with Gasteiger partial charge in [-0.3, -0.25) is 4.79 Å². The number of nitrogens with two attached hydrogens (primary N) is 1. The average molecular weight is 243 g/mol. The summed E-state index contributed by atoms with van der Waals surface area (Å²) in [6, 6.07) is 9.34. The summed E-state index contributed by atoms with van der Waals surface area (Å²) in [5.74, 6) is -0.480. The van der Waals surface area contributed by atoms with Crippen LogP contribution in [-0.2, 0) is 0 Å². The highest BCUT2D eigenvalue weighted by Gasteiger charge is 2.12. The third kappa shape index (κ3) is 2.25. The van der Waals surface area contributed by atoms with Gasteiger partial charge in [0.1, 0.15) is 5.82 Å². The van der Waals surface area contributed by atoms with Crippen LogP contribution in [0, 0.1) is 19.7 Å². The van der Waals surface area contributed by atoms with E-state index >= 15 is 0 Å². The van der Waals surface area contributed by atoms with Gasteiger partial charge in [-0.25, -0.2) is 4.39 Å². The molecule has 92 valence electrons. The Morgan fingerprint density at radius 1 is 1.06 bits per heavy atom. The summed E-state index contributed by atoms with van der Waals surface area (Å²) in [4.78, 5) is 12.3. The Morgan fingerprint density at radius 2 is 1.78 bits per heavy atom. The van der Waals surface area contributed by atoms with Crippen molar-refractivity contribution in [3.63, 3.8) is 0 Å². The molecule has 2 aromatic rings. The van der Waals surface area contributed by atoms with Gasteiger partial charge in [0.05, 0.1) is 0 Å². The fourth-order valence-corrected chi connectivity index (χ4v) is 1.82. The van der Waals surface area contributed by atoms with E-state index in [1.165, 1.54) is 18.2 Å². The molecule has 3 heteroatoms. The molecule has 0 aliphatic heterocycles. The molecule has 0 unspecified atom stereocenters. The second-order valence-corrected chi connectivity index (χ2v) is 4.36. The SMILES string of the molecule is Cc1ccc(C(=O)c2ccc(F)cc2C)cc1N. The van der Waals surface area contributed by atoms with Crippen LogP contribution in [0.4, 0.5) is 10.1 Å². The summed E-state index contributed by atoms with van der Waals surface area (Å²) in [6.45, 7) is 3.60. The van der Waals surface area contributed by atoms with Crippen molar-refractivity contribution in [1.29, 1.82) is 0 Å². The maximum absolute atomic E-state index is 13.0. The van der Waals surface area contributed by atoms with Crippen LogP contribution < -0.4 is 5.73 Å². The number of hydrogen-bond donors (Lipinski definition) is 1. The van der Waals surface area contributed by atoms with Crippen molar-refractivity contribution < 1.29 is 9.18 Å². The molecule has 2 nitrogen and oxygen atoms in total. The summed E-state index contributed by atoms with van der Waals surface area (Å²) in [5, 5.41) is 0. The summed E-state index contributed by atoms with van der Waals surface area (Å²) >= 11 is 0. The first kappa shape index (κ1) is 12.3. The lowest BCUT2D eigenvalue weighted by Gasteiger charge is -2.07. The number of nitrogen functional groups attached to an aromatic ring is 1. The standard InChI is InChI=1S/C15H14FNO/c1-9-3-4-11(8-14(9)17)15(18)13-6-5-12(16)7-10(13)2/h3-8H,17H2,1-2H3. The van der Waals surface area contributed by atoms with Crippen LogP contribution in [0.1, 0.15) is 27.0 Å². The molecule has 0 atom stereocenters. The van der Waals surface area contributed by atoms with Gasteiger partial charge in [0.15, 0.2) is 5.78 Å². The predicted octanol–water partition coefficient (Wildman–Crippen LogP) is 3.26. The van der Waals surface area contributed by atoms with Crippen LogP contribution in [0.15, 0.2) is 36.4 Å². The number of anilines is 1. The lowest BCUT2D eigenvalue weighted by Crippen LogP contribution is -2.05. The summed E-state index contributed by atoms with van der Waals surface area (Å²) < 4.78 is 13.0. The molecule has 0 fully saturated rings. The number of benzene rings is 2. The van der Waals surface area contributed by atoms with Gasteiger partial charge in [-0.2, -0.15) is 0 Å². The summed E-state index contributed by atoms with van der Waals surface area (Å²) in [7, 11) is 0. The molecule has 0 heterocycles. The van der Waals surface area contributed by atoms with E-state index in [2.05, 4.69) is 0 Å². The maximum Gasteiger partial charge on any atom is 0.193 e. The van der Waals surface area contributed by atoms with Crippen molar-refractivity contribution in [2.75, 3.05) is 5.73 Å². The van der Waals surface area contributed by atoms with Gasteiger partial charge in [-0.15, -0.1) is 0 Å². The molecule has 0 saturated carbocycles. The van der Waals surface area contributed by atoms with Crippen LogP contribution in [0.25, 0.3) is 0 Å². The topological polar surface area (TPSA) is 43.1 Å². The third-order valence-electron chi connectivity index (χ3n) is 2.97. The zero-order valence-electron chi connectivity index (χ0n) is 10.3. The third-order valence-corrected chi connectivity index (χ3v) is 2.97. The van der Waals surface area contributed by atoms with Gasteiger partial charge >= 0.3 is 0 Å². The van der Waals surface area contributed by atoms with Crippen LogP contribution in [0.3, 0.4) is 0 Å². The molecule has 0 aliphatic carbocycles. The molecule has 0 radical (unpaired) electrons. The fraction of sp³-hybridized carbons (Fsp3) is 0.133. The molecule has 0 aliphatic rings. The quantitative estimate of drug-likeness (QED) is 0.650. The van der Waals surface area contributed by atoms with E-state index in [-0.39, 0.29) is 11.6 Å².